The predicted molar refractivity (Wildman–Crippen MR) is 78.2 cm³/mol. The number of nitrogens with one attached hydrogen (secondary N) is 1. The lowest BCUT2D eigenvalue weighted by Crippen LogP contribution is -2.26. The van der Waals surface area contributed by atoms with E-state index in [0.717, 1.165) is 12.4 Å². The summed E-state index contributed by atoms with van der Waals surface area (Å²) >= 11 is 1.76. The third-order valence-corrected chi connectivity index (χ3v) is 3.84. The van der Waals surface area contributed by atoms with Gasteiger partial charge >= 0.3 is 0 Å². The molecule has 0 aromatic carbocycles. The van der Waals surface area contributed by atoms with Crippen molar-refractivity contribution in [2.45, 2.75) is 6.04 Å². The van der Waals surface area contributed by atoms with Gasteiger partial charge in [-0.05, 0) is 37.7 Å². The summed E-state index contributed by atoms with van der Waals surface area (Å²) in [5.74, 6) is 0.794. The zero-order valence-electron chi connectivity index (χ0n) is 11.0. The summed E-state index contributed by atoms with van der Waals surface area (Å²) in [6, 6.07) is 10.2. The van der Waals surface area contributed by atoms with Crippen LogP contribution in [-0.4, -0.2) is 30.5 Å². The van der Waals surface area contributed by atoms with E-state index in [-0.39, 0.29) is 0 Å². The van der Waals surface area contributed by atoms with Crippen LogP contribution in [0.1, 0.15) is 16.5 Å². The van der Waals surface area contributed by atoms with Crippen molar-refractivity contribution in [2.24, 2.45) is 0 Å². The van der Waals surface area contributed by atoms with E-state index >= 15 is 0 Å². The SMILES string of the molecule is CN(C)C(CNc1ccc(C#N)cn1)c1cccs1. The number of nitriles is 1. The van der Waals surface area contributed by atoms with Crippen molar-refractivity contribution in [3.63, 3.8) is 0 Å². The Labute approximate surface area is 117 Å². The molecule has 1 N–H and O–H groups in total. The Hall–Kier alpha value is -1.90. The van der Waals surface area contributed by atoms with Gasteiger partial charge in [0.2, 0.25) is 0 Å². The van der Waals surface area contributed by atoms with Crippen molar-refractivity contribution in [3.05, 3.63) is 46.3 Å². The molecule has 98 valence electrons. The molecule has 0 fully saturated rings. The number of likely N-dealkylation sites (N-methyl/N-ethyl adjacent to an activating group) is 1. The number of anilines is 1. The largest absolute Gasteiger partial charge is 0.368 e. The molecule has 0 saturated heterocycles. The van der Waals surface area contributed by atoms with Crippen LogP contribution in [0.5, 0.6) is 0 Å². The van der Waals surface area contributed by atoms with Crippen LogP contribution >= 0.6 is 11.3 Å². The molecule has 2 rings (SSSR count). The van der Waals surface area contributed by atoms with E-state index < -0.39 is 0 Å². The van der Waals surface area contributed by atoms with Crippen LogP contribution in [0, 0.1) is 11.3 Å². The minimum atomic E-state index is 0.317. The fraction of sp³-hybridized carbons (Fsp3) is 0.286. The summed E-state index contributed by atoms with van der Waals surface area (Å²) in [4.78, 5) is 7.72. The summed E-state index contributed by atoms with van der Waals surface area (Å²) in [6.07, 6.45) is 1.58. The van der Waals surface area contributed by atoms with E-state index in [1.54, 1.807) is 23.6 Å². The topological polar surface area (TPSA) is 52.0 Å². The van der Waals surface area contributed by atoms with E-state index in [2.05, 4.69) is 52.9 Å². The van der Waals surface area contributed by atoms with E-state index in [1.807, 2.05) is 6.07 Å². The Morgan fingerprint density at radius 2 is 2.26 bits per heavy atom. The van der Waals surface area contributed by atoms with Gasteiger partial charge in [0.05, 0.1) is 11.6 Å². The van der Waals surface area contributed by atoms with Gasteiger partial charge in [0.1, 0.15) is 11.9 Å². The number of hydrogen-bond acceptors (Lipinski definition) is 5. The third-order valence-electron chi connectivity index (χ3n) is 2.86. The molecule has 2 heterocycles. The first kappa shape index (κ1) is 13.5. The van der Waals surface area contributed by atoms with Gasteiger partial charge < -0.3 is 10.2 Å². The molecular formula is C14H16N4S. The molecule has 0 aliphatic rings. The Morgan fingerprint density at radius 1 is 1.42 bits per heavy atom. The lowest BCUT2D eigenvalue weighted by atomic mass is 10.2. The Kier molecular flexibility index (Phi) is 4.50. The molecule has 0 amide bonds. The molecule has 0 radical (unpaired) electrons. The smallest absolute Gasteiger partial charge is 0.126 e. The highest BCUT2D eigenvalue weighted by molar-refractivity contribution is 7.10. The van der Waals surface area contributed by atoms with Crippen molar-refractivity contribution < 1.29 is 0 Å². The van der Waals surface area contributed by atoms with Crippen molar-refractivity contribution in [3.8, 4) is 6.07 Å². The summed E-state index contributed by atoms with van der Waals surface area (Å²) in [7, 11) is 4.14. The quantitative estimate of drug-likeness (QED) is 0.909. The monoisotopic (exact) mass is 272 g/mol. The van der Waals surface area contributed by atoms with Gasteiger partial charge in [-0.15, -0.1) is 11.3 Å². The maximum Gasteiger partial charge on any atom is 0.126 e. The first-order valence-corrected chi connectivity index (χ1v) is 6.88. The molecule has 1 atom stereocenters. The van der Waals surface area contributed by atoms with Gasteiger partial charge in [-0.1, -0.05) is 6.07 Å². The van der Waals surface area contributed by atoms with E-state index in [4.69, 9.17) is 5.26 Å². The Morgan fingerprint density at radius 3 is 2.79 bits per heavy atom. The molecule has 2 aromatic rings. The molecular weight excluding hydrogens is 256 g/mol. The molecule has 4 nitrogen and oxygen atoms in total. The highest BCUT2D eigenvalue weighted by Gasteiger charge is 2.14. The van der Waals surface area contributed by atoms with Gasteiger partial charge in [-0.25, -0.2) is 4.98 Å². The second kappa shape index (κ2) is 6.32. The van der Waals surface area contributed by atoms with Gasteiger partial charge in [0.25, 0.3) is 0 Å². The van der Waals surface area contributed by atoms with Crippen LogP contribution in [0.15, 0.2) is 35.8 Å². The predicted octanol–water partition coefficient (Wildman–Crippen LogP) is 2.73. The Balaban J connectivity index is 2.01. The van der Waals surface area contributed by atoms with Crippen molar-refractivity contribution in [1.29, 1.82) is 5.26 Å². The van der Waals surface area contributed by atoms with Crippen molar-refractivity contribution >= 4 is 17.2 Å². The summed E-state index contributed by atoms with van der Waals surface area (Å²) < 4.78 is 0. The maximum absolute atomic E-state index is 8.73. The van der Waals surface area contributed by atoms with Gasteiger partial charge in [0.15, 0.2) is 0 Å². The standard InChI is InChI=1S/C14H16N4S/c1-18(2)12(13-4-3-7-19-13)10-17-14-6-5-11(8-15)9-16-14/h3-7,9,12H,10H2,1-2H3,(H,16,17). The van der Waals surface area contributed by atoms with Crippen LogP contribution in [0.2, 0.25) is 0 Å². The zero-order valence-corrected chi connectivity index (χ0v) is 11.8. The normalized spacial score (nSPS) is 12.1. The van der Waals surface area contributed by atoms with Gasteiger partial charge in [-0.2, -0.15) is 5.26 Å². The molecule has 2 aromatic heterocycles. The molecule has 0 saturated carbocycles. The third kappa shape index (κ3) is 3.53. The van der Waals surface area contributed by atoms with Crippen LogP contribution in [0.25, 0.3) is 0 Å². The second-order valence-electron chi connectivity index (χ2n) is 4.42. The summed E-state index contributed by atoms with van der Waals surface area (Å²) in [5.41, 5.74) is 0.577. The number of thiophene rings is 1. The number of hydrogen-bond donors (Lipinski definition) is 1. The molecule has 19 heavy (non-hydrogen) atoms. The highest BCUT2D eigenvalue weighted by Crippen LogP contribution is 2.23. The first-order chi connectivity index (χ1) is 9.20. The number of aromatic nitrogens is 1. The zero-order chi connectivity index (χ0) is 13.7. The second-order valence-corrected chi connectivity index (χ2v) is 5.40. The van der Waals surface area contributed by atoms with E-state index in [1.165, 1.54) is 4.88 Å². The summed E-state index contributed by atoms with van der Waals surface area (Å²) in [6.45, 7) is 0.784. The van der Waals surface area contributed by atoms with E-state index in [9.17, 15) is 0 Å². The summed E-state index contributed by atoms with van der Waals surface area (Å²) in [5, 5.41) is 14.1. The number of rotatable bonds is 5. The number of nitrogens with zero attached hydrogens (tertiary/aromatic N) is 3. The van der Waals surface area contributed by atoms with E-state index in [0.29, 0.717) is 11.6 Å². The minimum absolute atomic E-state index is 0.317. The molecule has 0 aliphatic carbocycles. The molecule has 0 spiro atoms. The van der Waals surface area contributed by atoms with Gasteiger partial charge in [0, 0.05) is 17.6 Å². The van der Waals surface area contributed by atoms with Crippen LogP contribution in [0.3, 0.4) is 0 Å². The lowest BCUT2D eigenvalue weighted by Gasteiger charge is -2.23. The van der Waals surface area contributed by atoms with Crippen LogP contribution < -0.4 is 5.32 Å². The molecule has 0 bridgehead atoms. The average molecular weight is 272 g/mol. The lowest BCUT2D eigenvalue weighted by molar-refractivity contribution is 0.316. The van der Waals surface area contributed by atoms with Crippen molar-refractivity contribution in [1.82, 2.24) is 9.88 Å². The fourth-order valence-corrected chi connectivity index (χ4v) is 2.71. The molecule has 0 aliphatic heterocycles. The van der Waals surface area contributed by atoms with Gasteiger partial charge in [-0.3, -0.25) is 0 Å². The van der Waals surface area contributed by atoms with Crippen molar-refractivity contribution in [2.75, 3.05) is 26.0 Å². The van der Waals surface area contributed by atoms with Crippen LogP contribution in [0.4, 0.5) is 5.82 Å². The average Bonchev–Trinajstić information content (AvgIpc) is 2.93. The Bertz CT molecular complexity index is 540. The first-order valence-electron chi connectivity index (χ1n) is 6.00. The minimum Gasteiger partial charge on any atom is -0.368 e. The molecule has 5 heteroatoms. The molecule has 1 unspecified atom stereocenters. The van der Waals surface area contributed by atoms with Crippen LogP contribution in [-0.2, 0) is 0 Å². The number of pyridine rings is 1. The maximum atomic E-state index is 8.73. The highest BCUT2D eigenvalue weighted by atomic mass is 32.1. The fourth-order valence-electron chi connectivity index (χ4n) is 1.78.